The fourth-order valence-corrected chi connectivity index (χ4v) is 4.21. The first kappa shape index (κ1) is 28.5. The SMILES string of the molecule is CCCCCCCCCCCCCCCCCCc1c(C(=O)O)cc([N+](=O)[O-])cc1[N+](=O)[O-]. The molecule has 0 radical (unpaired) electrons. The Hall–Kier alpha value is -2.51. The van der Waals surface area contributed by atoms with E-state index in [-0.39, 0.29) is 17.5 Å². The lowest BCUT2D eigenvalue weighted by Gasteiger charge is -2.08. The first-order chi connectivity index (χ1) is 15.9. The van der Waals surface area contributed by atoms with Crippen LogP contribution in [0.4, 0.5) is 11.4 Å². The number of rotatable bonds is 20. The Morgan fingerprint density at radius 1 is 0.727 bits per heavy atom. The maximum absolute atomic E-state index is 11.5. The second kappa shape index (κ2) is 17.0. The van der Waals surface area contributed by atoms with E-state index in [0.717, 1.165) is 31.4 Å². The molecule has 33 heavy (non-hydrogen) atoms. The summed E-state index contributed by atoms with van der Waals surface area (Å²) in [4.78, 5) is 32.3. The van der Waals surface area contributed by atoms with Crippen molar-refractivity contribution in [2.75, 3.05) is 0 Å². The highest BCUT2D eigenvalue weighted by molar-refractivity contribution is 5.91. The lowest BCUT2D eigenvalue weighted by atomic mass is 9.97. The smallest absolute Gasteiger partial charge is 0.336 e. The van der Waals surface area contributed by atoms with Crippen LogP contribution in [0.25, 0.3) is 0 Å². The molecule has 0 atom stereocenters. The standard InChI is InChI=1S/C25H40N2O6/c1-2-3-4-5-6-7-8-9-10-11-12-13-14-15-16-17-18-22-23(25(28)29)19-21(26(30)31)20-24(22)27(32)33/h19-20H,2-18H2,1H3,(H,28,29). The average Bonchev–Trinajstić information content (AvgIpc) is 2.78. The molecule has 1 aromatic rings. The summed E-state index contributed by atoms with van der Waals surface area (Å²) >= 11 is 0. The van der Waals surface area contributed by atoms with E-state index in [1.807, 2.05) is 0 Å². The van der Waals surface area contributed by atoms with Crippen molar-refractivity contribution in [2.45, 2.75) is 116 Å². The number of carboxylic acid groups (broad SMARTS) is 1. The van der Waals surface area contributed by atoms with Gasteiger partial charge in [0.1, 0.15) is 0 Å². The van der Waals surface area contributed by atoms with E-state index in [2.05, 4.69) is 6.92 Å². The van der Waals surface area contributed by atoms with Gasteiger partial charge in [-0.2, -0.15) is 0 Å². The van der Waals surface area contributed by atoms with Crippen molar-refractivity contribution in [3.8, 4) is 0 Å². The molecule has 0 bridgehead atoms. The summed E-state index contributed by atoms with van der Waals surface area (Å²) < 4.78 is 0. The Bertz CT molecular complexity index is 715. The van der Waals surface area contributed by atoms with Gasteiger partial charge in [0.25, 0.3) is 11.4 Å². The van der Waals surface area contributed by atoms with Gasteiger partial charge in [-0.1, -0.05) is 103 Å². The van der Waals surface area contributed by atoms with Crippen LogP contribution in [0, 0.1) is 20.2 Å². The largest absolute Gasteiger partial charge is 0.478 e. The predicted octanol–water partition coefficient (Wildman–Crippen LogP) is 8.01. The Kier molecular flexibility index (Phi) is 14.7. The second-order valence-electron chi connectivity index (χ2n) is 8.86. The van der Waals surface area contributed by atoms with E-state index in [0.29, 0.717) is 6.42 Å². The van der Waals surface area contributed by atoms with E-state index in [4.69, 9.17) is 0 Å². The maximum Gasteiger partial charge on any atom is 0.336 e. The number of benzene rings is 1. The average molecular weight is 465 g/mol. The molecule has 1 aromatic carbocycles. The second-order valence-corrected chi connectivity index (χ2v) is 8.86. The van der Waals surface area contributed by atoms with Gasteiger partial charge in [0.15, 0.2) is 0 Å². The molecule has 0 spiro atoms. The highest BCUT2D eigenvalue weighted by atomic mass is 16.6. The van der Waals surface area contributed by atoms with Crippen LogP contribution in [-0.4, -0.2) is 20.9 Å². The summed E-state index contributed by atoms with van der Waals surface area (Å²) in [5.74, 6) is -1.38. The zero-order valence-corrected chi connectivity index (χ0v) is 20.1. The summed E-state index contributed by atoms with van der Waals surface area (Å²) in [6.07, 6.45) is 19.6. The number of hydrogen-bond acceptors (Lipinski definition) is 5. The van der Waals surface area contributed by atoms with Gasteiger partial charge < -0.3 is 5.11 Å². The van der Waals surface area contributed by atoms with E-state index >= 15 is 0 Å². The van der Waals surface area contributed by atoms with Gasteiger partial charge >= 0.3 is 5.97 Å². The summed E-state index contributed by atoms with van der Waals surface area (Å²) in [5, 5.41) is 31.7. The van der Waals surface area contributed by atoms with Gasteiger partial charge in [-0.25, -0.2) is 4.79 Å². The summed E-state index contributed by atoms with van der Waals surface area (Å²) in [5.41, 5.74) is -1.34. The number of nitro groups is 2. The van der Waals surface area contributed by atoms with Gasteiger partial charge in [0, 0.05) is 11.6 Å². The number of nitro benzene ring substituents is 2. The Labute approximate surface area is 197 Å². The van der Waals surface area contributed by atoms with Gasteiger partial charge in [0.05, 0.1) is 21.5 Å². The highest BCUT2D eigenvalue weighted by Gasteiger charge is 2.26. The quantitative estimate of drug-likeness (QED) is 0.118. The molecule has 0 aliphatic rings. The van der Waals surface area contributed by atoms with Crippen LogP contribution in [0.2, 0.25) is 0 Å². The van der Waals surface area contributed by atoms with E-state index in [9.17, 15) is 30.1 Å². The van der Waals surface area contributed by atoms with E-state index in [1.54, 1.807) is 0 Å². The molecule has 0 saturated carbocycles. The Morgan fingerprint density at radius 3 is 1.52 bits per heavy atom. The van der Waals surface area contributed by atoms with Crippen molar-refractivity contribution in [3.05, 3.63) is 43.5 Å². The zero-order chi connectivity index (χ0) is 24.5. The first-order valence-electron chi connectivity index (χ1n) is 12.6. The van der Waals surface area contributed by atoms with Crippen LogP contribution in [0.3, 0.4) is 0 Å². The molecule has 1 N–H and O–H groups in total. The van der Waals surface area contributed by atoms with Crippen LogP contribution in [-0.2, 0) is 6.42 Å². The van der Waals surface area contributed by atoms with Crippen molar-refractivity contribution >= 4 is 17.3 Å². The number of carbonyl (C=O) groups is 1. The topological polar surface area (TPSA) is 124 Å². The number of hydrogen-bond donors (Lipinski definition) is 1. The number of aromatic carboxylic acids is 1. The molecule has 0 aromatic heterocycles. The molecule has 0 unspecified atom stereocenters. The fraction of sp³-hybridized carbons (Fsp3) is 0.720. The minimum Gasteiger partial charge on any atom is -0.478 e. The lowest BCUT2D eigenvalue weighted by Crippen LogP contribution is -2.08. The fourth-order valence-electron chi connectivity index (χ4n) is 4.21. The first-order valence-corrected chi connectivity index (χ1v) is 12.6. The third kappa shape index (κ3) is 11.8. The van der Waals surface area contributed by atoms with Gasteiger partial charge in [0.2, 0.25) is 0 Å². The number of carboxylic acids is 1. The van der Waals surface area contributed by atoms with Crippen molar-refractivity contribution in [2.24, 2.45) is 0 Å². The molecule has 0 aliphatic heterocycles. The minimum absolute atomic E-state index is 0.0727. The monoisotopic (exact) mass is 464 g/mol. The highest BCUT2D eigenvalue weighted by Crippen LogP contribution is 2.30. The molecule has 0 heterocycles. The summed E-state index contributed by atoms with van der Waals surface area (Å²) in [6.45, 7) is 2.24. The van der Waals surface area contributed by atoms with E-state index < -0.39 is 27.2 Å². The Balaban J connectivity index is 2.22. The zero-order valence-electron chi connectivity index (χ0n) is 20.1. The molecular formula is C25H40N2O6. The normalized spacial score (nSPS) is 10.9. The van der Waals surface area contributed by atoms with Crippen LogP contribution >= 0.6 is 0 Å². The van der Waals surface area contributed by atoms with Crippen molar-refractivity contribution in [3.63, 3.8) is 0 Å². The predicted molar refractivity (Wildman–Crippen MR) is 130 cm³/mol. The third-order valence-corrected chi connectivity index (χ3v) is 6.13. The van der Waals surface area contributed by atoms with Gasteiger partial charge in [-0.3, -0.25) is 20.2 Å². The summed E-state index contributed by atoms with van der Waals surface area (Å²) in [6, 6.07) is 1.77. The number of non-ortho nitro benzene ring substituents is 1. The molecule has 0 amide bonds. The maximum atomic E-state index is 11.5. The van der Waals surface area contributed by atoms with Crippen molar-refractivity contribution in [1.82, 2.24) is 0 Å². The molecule has 0 fully saturated rings. The van der Waals surface area contributed by atoms with Crippen LogP contribution in [0.5, 0.6) is 0 Å². The van der Waals surface area contributed by atoms with Crippen LogP contribution < -0.4 is 0 Å². The molecule has 0 aliphatic carbocycles. The van der Waals surface area contributed by atoms with Crippen molar-refractivity contribution < 1.29 is 19.7 Å². The van der Waals surface area contributed by atoms with E-state index in [1.165, 1.54) is 77.0 Å². The van der Waals surface area contributed by atoms with Gasteiger partial charge in [-0.15, -0.1) is 0 Å². The minimum atomic E-state index is -1.38. The lowest BCUT2D eigenvalue weighted by molar-refractivity contribution is -0.394. The number of nitrogens with zero attached hydrogens (tertiary/aromatic N) is 2. The molecule has 8 nitrogen and oxygen atoms in total. The van der Waals surface area contributed by atoms with Crippen LogP contribution in [0.15, 0.2) is 12.1 Å². The van der Waals surface area contributed by atoms with Crippen LogP contribution in [0.1, 0.15) is 126 Å². The van der Waals surface area contributed by atoms with Crippen molar-refractivity contribution in [1.29, 1.82) is 0 Å². The van der Waals surface area contributed by atoms with Gasteiger partial charge in [-0.05, 0) is 12.8 Å². The molecular weight excluding hydrogens is 424 g/mol. The molecule has 1 rings (SSSR count). The number of unbranched alkanes of at least 4 members (excludes halogenated alkanes) is 15. The third-order valence-electron chi connectivity index (χ3n) is 6.13. The molecule has 186 valence electrons. The molecule has 0 saturated heterocycles. The molecule has 8 heteroatoms. The summed E-state index contributed by atoms with van der Waals surface area (Å²) in [7, 11) is 0. The Morgan fingerprint density at radius 2 is 1.15 bits per heavy atom.